The van der Waals surface area contributed by atoms with Crippen molar-refractivity contribution in [2.24, 2.45) is 0 Å². The van der Waals surface area contributed by atoms with Crippen molar-refractivity contribution in [1.29, 1.82) is 0 Å². The zero-order chi connectivity index (χ0) is 21.7. The molecule has 2 amide bonds. The zero-order valence-electron chi connectivity index (χ0n) is 16.4. The molecule has 0 atom stereocenters. The molecule has 3 aromatic rings. The number of furan rings is 1. The van der Waals surface area contributed by atoms with Crippen molar-refractivity contribution in [3.8, 4) is 11.3 Å². The van der Waals surface area contributed by atoms with E-state index in [9.17, 15) is 9.59 Å². The molecule has 0 aliphatic carbocycles. The number of rotatable bonds is 6. The molecule has 2 N–H and O–H groups in total. The number of carbonyl (C=O) groups excluding carboxylic acids is 2. The van der Waals surface area contributed by atoms with Gasteiger partial charge in [-0.25, -0.2) is 0 Å². The highest BCUT2D eigenvalue weighted by Crippen LogP contribution is 2.31. The van der Waals surface area contributed by atoms with E-state index >= 15 is 0 Å². The van der Waals surface area contributed by atoms with Crippen LogP contribution in [0.25, 0.3) is 17.4 Å². The van der Waals surface area contributed by atoms with Crippen molar-refractivity contribution in [3.05, 3.63) is 87.7 Å². The fourth-order valence-electron chi connectivity index (χ4n) is 2.69. The Hall–Kier alpha value is -3.02. The molecule has 7 heteroatoms. The molecule has 0 unspecified atom stereocenters. The molecule has 30 heavy (non-hydrogen) atoms. The number of amides is 2. The predicted molar refractivity (Wildman–Crippen MR) is 119 cm³/mol. The van der Waals surface area contributed by atoms with Crippen molar-refractivity contribution < 1.29 is 14.0 Å². The summed E-state index contributed by atoms with van der Waals surface area (Å²) in [5.74, 6) is 0.0873. The van der Waals surface area contributed by atoms with Gasteiger partial charge < -0.3 is 15.1 Å². The van der Waals surface area contributed by atoms with Gasteiger partial charge in [-0.2, -0.15) is 0 Å². The van der Waals surface area contributed by atoms with Crippen LogP contribution in [0.4, 0.5) is 0 Å². The van der Waals surface area contributed by atoms with Crippen LogP contribution in [0, 0.1) is 0 Å². The number of halogens is 2. The highest BCUT2D eigenvalue weighted by molar-refractivity contribution is 6.36. The van der Waals surface area contributed by atoms with Gasteiger partial charge in [0.05, 0.1) is 5.02 Å². The molecule has 0 aliphatic heterocycles. The summed E-state index contributed by atoms with van der Waals surface area (Å²) in [6.45, 7) is 3.67. The van der Waals surface area contributed by atoms with E-state index in [1.165, 1.54) is 6.08 Å². The normalized spacial score (nSPS) is 11.4. The third-order valence-electron chi connectivity index (χ3n) is 4.06. The summed E-state index contributed by atoms with van der Waals surface area (Å²) in [5, 5.41) is 6.40. The smallest absolute Gasteiger partial charge is 0.268 e. The van der Waals surface area contributed by atoms with Crippen molar-refractivity contribution in [1.82, 2.24) is 10.6 Å². The van der Waals surface area contributed by atoms with E-state index in [2.05, 4.69) is 10.6 Å². The Labute approximate surface area is 184 Å². The van der Waals surface area contributed by atoms with Crippen LogP contribution in [0.1, 0.15) is 30.0 Å². The van der Waals surface area contributed by atoms with Crippen LogP contribution in [0.2, 0.25) is 10.0 Å². The number of nitrogens with one attached hydrogen (secondary N) is 2. The van der Waals surface area contributed by atoms with Crippen LogP contribution in [-0.2, 0) is 4.79 Å². The number of hydrogen-bond acceptors (Lipinski definition) is 3. The highest BCUT2D eigenvalue weighted by Gasteiger charge is 2.17. The lowest BCUT2D eigenvalue weighted by molar-refractivity contribution is -0.118. The summed E-state index contributed by atoms with van der Waals surface area (Å²) in [6, 6.07) is 17.1. The first-order valence-electron chi connectivity index (χ1n) is 9.27. The van der Waals surface area contributed by atoms with Crippen LogP contribution in [0.5, 0.6) is 0 Å². The van der Waals surface area contributed by atoms with Crippen molar-refractivity contribution in [2.45, 2.75) is 19.9 Å². The molecule has 1 aromatic heterocycles. The van der Waals surface area contributed by atoms with Crippen LogP contribution in [0.15, 0.2) is 70.8 Å². The second kappa shape index (κ2) is 9.65. The molecule has 0 saturated carbocycles. The molecule has 0 saturated heterocycles. The minimum absolute atomic E-state index is 0.0701. The number of carbonyl (C=O) groups is 2. The van der Waals surface area contributed by atoms with Crippen molar-refractivity contribution >= 4 is 41.1 Å². The Morgan fingerprint density at radius 1 is 1.00 bits per heavy atom. The van der Waals surface area contributed by atoms with Crippen molar-refractivity contribution in [3.63, 3.8) is 0 Å². The molecule has 154 valence electrons. The highest BCUT2D eigenvalue weighted by atomic mass is 35.5. The maximum absolute atomic E-state index is 12.6. The summed E-state index contributed by atoms with van der Waals surface area (Å²) < 4.78 is 5.83. The molecule has 0 fully saturated rings. The van der Waals surface area contributed by atoms with E-state index in [-0.39, 0.29) is 11.7 Å². The second-order valence-electron chi connectivity index (χ2n) is 6.83. The third-order valence-corrected chi connectivity index (χ3v) is 4.61. The Balaban J connectivity index is 1.90. The standard InChI is InChI=1S/C23H20Cl2N2O3/c1-14(2)26-23(29)20(27-22(28)15-6-4-3-5-7-15)13-17-9-11-21(30-17)18-10-8-16(24)12-19(18)25/h3-14H,1-2H3,(H,26,29)(H,27,28)/b20-13+. The largest absolute Gasteiger partial charge is 0.457 e. The van der Waals surface area contributed by atoms with E-state index in [1.54, 1.807) is 54.6 Å². The molecule has 0 aliphatic rings. The Morgan fingerprint density at radius 3 is 2.40 bits per heavy atom. The quantitative estimate of drug-likeness (QED) is 0.491. The molecule has 0 spiro atoms. The lowest BCUT2D eigenvalue weighted by Gasteiger charge is -2.12. The van der Waals surface area contributed by atoms with E-state index in [4.69, 9.17) is 27.6 Å². The molecule has 3 rings (SSSR count). The van der Waals surface area contributed by atoms with Crippen LogP contribution < -0.4 is 10.6 Å². The third kappa shape index (κ3) is 5.53. The summed E-state index contributed by atoms with van der Waals surface area (Å²) in [7, 11) is 0. The Morgan fingerprint density at radius 2 is 1.73 bits per heavy atom. The fourth-order valence-corrected chi connectivity index (χ4v) is 3.19. The molecule has 0 radical (unpaired) electrons. The maximum atomic E-state index is 12.6. The van der Waals surface area contributed by atoms with Crippen LogP contribution in [0.3, 0.4) is 0 Å². The van der Waals surface area contributed by atoms with Gasteiger partial charge in [0.25, 0.3) is 11.8 Å². The first kappa shape index (κ1) is 21.7. The van der Waals surface area contributed by atoms with Gasteiger partial charge in [0.2, 0.25) is 0 Å². The number of benzene rings is 2. The monoisotopic (exact) mass is 442 g/mol. The van der Waals surface area contributed by atoms with Crippen molar-refractivity contribution in [2.75, 3.05) is 0 Å². The van der Waals surface area contributed by atoms with E-state index in [0.29, 0.717) is 32.7 Å². The molecule has 0 bridgehead atoms. The zero-order valence-corrected chi connectivity index (χ0v) is 17.9. The van der Waals surface area contributed by atoms with Gasteiger partial charge in [-0.15, -0.1) is 0 Å². The number of hydrogen-bond donors (Lipinski definition) is 2. The van der Waals surface area contributed by atoms with Crippen LogP contribution >= 0.6 is 23.2 Å². The molecular formula is C23H20Cl2N2O3. The van der Waals surface area contributed by atoms with E-state index in [1.807, 2.05) is 19.9 Å². The molecular weight excluding hydrogens is 423 g/mol. The topological polar surface area (TPSA) is 71.3 Å². The van der Waals surface area contributed by atoms with Gasteiger partial charge in [-0.05, 0) is 56.3 Å². The lowest BCUT2D eigenvalue weighted by atomic mass is 10.2. The maximum Gasteiger partial charge on any atom is 0.268 e. The summed E-state index contributed by atoms with van der Waals surface area (Å²) >= 11 is 12.2. The average Bonchev–Trinajstić information content (AvgIpc) is 3.15. The van der Waals surface area contributed by atoms with E-state index in [0.717, 1.165) is 0 Å². The molecule has 2 aromatic carbocycles. The Kier molecular flexibility index (Phi) is 6.98. The summed E-state index contributed by atoms with van der Waals surface area (Å²) in [5.41, 5.74) is 1.18. The minimum Gasteiger partial charge on any atom is -0.457 e. The molecule has 5 nitrogen and oxygen atoms in total. The fraction of sp³-hybridized carbons (Fsp3) is 0.130. The minimum atomic E-state index is -0.420. The van der Waals surface area contributed by atoms with Gasteiger partial charge in [0.15, 0.2) is 0 Å². The summed E-state index contributed by atoms with van der Waals surface area (Å²) in [6.07, 6.45) is 1.48. The molecule has 1 heterocycles. The van der Waals surface area contributed by atoms with Gasteiger partial charge >= 0.3 is 0 Å². The van der Waals surface area contributed by atoms with Gasteiger partial charge in [0.1, 0.15) is 17.2 Å². The Bertz CT molecular complexity index is 1090. The first-order valence-corrected chi connectivity index (χ1v) is 10.0. The predicted octanol–water partition coefficient (Wildman–Crippen LogP) is 5.55. The first-order chi connectivity index (χ1) is 14.3. The van der Waals surface area contributed by atoms with Crippen LogP contribution in [-0.4, -0.2) is 17.9 Å². The summed E-state index contributed by atoms with van der Waals surface area (Å²) in [4.78, 5) is 25.2. The second-order valence-corrected chi connectivity index (χ2v) is 7.68. The van der Waals surface area contributed by atoms with Gasteiger partial charge in [-0.1, -0.05) is 41.4 Å². The van der Waals surface area contributed by atoms with Gasteiger partial charge in [-0.3, -0.25) is 9.59 Å². The van der Waals surface area contributed by atoms with Gasteiger partial charge in [0, 0.05) is 28.3 Å². The lowest BCUT2D eigenvalue weighted by Crippen LogP contribution is -2.38. The SMILES string of the molecule is CC(C)NC(=O)/C(=C\c1ccc(-c2ccc(Cl)cc2Cl)o1)NC(=O)c1ccccc1. The van der Waals surface area contributed by atoms with E-state index < -0.39 is 11.8 Å². The average molecular weight is 443 g/mol.